The quantitative estimate of drug-likeness (QED) is 0.129. The van der Waals surface area contributed by atoms with Gasteiger partial charge in [-0.25, -0.2) is 0 Å². The van der Waals surface area contributed by atoms with Crippen molar-refractivity contribution in [3.8, 4) is 0 Å². The minimum Gasteiger partial charge on any atom is -0.394 e. The zero-order valence-corrected chi connectivity index (χ0v) is 25.0. The number of hydrogen-bond acceptors (Lipinski definition) is 10. The van der Waals surface area contributed by atoms with E-state index < -0.39 is 31.3 Å². The fourth-order valence-electron chi connectivity index (χ4n) is 4.61. The third kappa shape index (κ3) is 10.9. The van der Waals surface area contributed by atoms with Gasteiger partial charge in [0.15, 0.2) is 0 Å². The van der Waals surface area contributed by atoms with Crippen LogP contribution in [-0.2, 0) is 40.4 Å². The zero-order chi connectivity index (χ0) is 31.9. The molecule has 4 rings (SSSR count). The van der Waals surface area contributed by atoms with E-state index in [9.17, 15) is 24.9 Å². The molecule has 0 fully saturated rings. The van der Waals surface area contributed by atoms with Gasteiger partial charge in [-0.1, -0.05) is 36.4 Å². The molecule has 12 nitrogen and oxygen atoms in total. The maximum absolute atomic E-state index is 12.4. The van der Waals surface area contributed by atoms with Crippen LogP contribution in [0.4, 0.5) is 5.69 Å². The van der Waals surface area contributed by atoms with Gasteiger partial charge in [0, 0.05) is 37.7 Å². The van der Waals surface area contributed by atoms with Gasteiger partial charge in [0.05, 0.1) is 50.3 Å². The first kappa shape index (κ1) is 33.4. The largest absolute Gasteiger partial charge is 0.394 e. The lowest BCUT2D eigenvalue weighted by atomic mass is 10.0. The molecule has 45 heavy (non-hydrogen) atoms. The number of anilines is 1. The molecule has 1 aliphatic heterocycles. The molecule has 1 aliphatic rings. The minimum atomic E-state index is -1.48. The van der Waals surface area contributed by atoms with Crippen molar-refractivity contribution >= 4 is 17.5 Å². The number of carbonyl (C=O) groups excluding carboxylic acids is 2. The Morgan fingerprint density at radius 1 is 0.889 bits per heavy atom. The summed E-state index contributed by atoms with van der Waals surface area (Å²) in [6.07, 6.45) is 11.6. The first-order valence-electron chi connectivity index (χ1n) is 14.7. The van der Waals surface area contributed by atoms with E-state index in [-0.39, 0.29) is 31.6 Å². The Hall–Kier alpha value is -4.46. The maximum Gasteiger partial charge on any atom is 0.250 e. The van der Waals surface area contributed by atoms with E-state index in [4.69, 9.17) is 4.74 Å². The summed E-state index contributed by atoms with van der Waals surface area (Å²) in [7, 11) is 0. The molecular weight excluding hydrogens is 576 g/mol. The van der Waals surface area contributed by atoms with Gasteiger partial charge in [-0.2, -0.15) is 0 Å². The lowest BCUT2D eigenvalue weighted by molar-refractivity contribution is -0.124. The van der Waals surface area contributed by atoms with E-state index in [0.717, 1.165) is 23.5 Å². The van der Waals surface area contributed by atoms with E-state index in [2.05, 4.69) is 36.9 Å². The smallest absolute Gasteiger partial charge is 0.250 e. The molecule has 3 heterocycles. The van der Waals surface area contributed by atoms with Crippen LogP contribution < -0.4 is 16.0 Å². The van der Waals surface area contributed by atoms with Crippen molar-refractivity contribution in [2.45, 2.75) is 37.7 Å². The van der Waals surface area contributed by atoms with Gasteiger partial charge in [-0.3, -0.25) is 24.5 Å². The Kier molecular flexibility index (Phi) is 12.7. The Labute approximate surface area is 262 Å². The number of ether oxygens (including phenoxy) is 1. The second kappa shape index (κ2) is 17.1. The van der Waals surface area contributed by atoms with Crippen LogP contribution in [0.15, 0.2) is 91.4 Å². The fourth-order valence-corrected chi connectivity index (χ4v) is 4.61. The number of aliphatic hydroxyl groups excluding tert-OH is 3. The van der Waals surface area contributed by atoms with E-state index in [1.807, 2.05) is 48.7 Å². The third-order valence-electron chi connectivity index (χ3n) is 7.12. The topological polar surface area (TPSA) is 169 Å². The van der Waals surface area contributed by atoms with Gasteiger partial charge in [-0.15, -0.1) is 0 Å². The monoisotopic (exact) mass is 616 g/mol. The van der Waals surface area contributed by atoms with E-state index in [1.165, 1.54) is 0 Å². The molecule has 0 spiro atoms. The highest BCUT2D eigenvalue weighted by molar-refractivity contribution is 5.91. The number of aromatic nitrogens is 2. The van der Waals surface area contributed by atoms with Gasteiger partial charge >= 0.3 is 0 Å². The molecule has 3 aromatic rings. The molecule has 0 bridgehead atoms. The normalized spacial score (nSPS) is 14.3. The minimum absolute atomic E-state index is 0.0269. The van der Waals surface area contributed by atoms with Crippen molar-refractivity contribution < 1.29 is 29.6 Å². The molecule has 0 aliphatic carbocycles. The summed E-state index contributed by atoms with van der Waals surface area (Å²) in [4.78, 5) is 36.1. The summed E-state index contributed by atoms with van der Waals surface area (Å²) in [5.41, 5.74) is 2.47. The van der Waals surface area contributed by atoms with Gasteiger partial charge in [0.2, 0.25) is 11.8 Å². The fraction of sp³-hybridized carbons (Fsp3) is 0.333. The molecule has 12 heteroatoms. The molecule has 1 aromatic carbocycles. The molecular formula is C33H40N6O6. The van der Waals surface area contributed by atoms with E-state index in [1.54, 1.807) is 36.7 Å². The van der Waals surface area contributed by atoms with Gasteiger partial charge in [-0.05, 0) is 53.7 Å². The van der Waals surface area contributed by atoms with E-state index in [0.29, 0.717) is 24.3 Å². The van der Waals surface area contributed by atoms with Gasteiger partial charge in [0.25, 0.3) is 0 Å². The highest BCUT2D eigenvalue weighted by Gasteiger charge is 2.29. The van der Waals surface area contributed by atoms with Crippen LogP contribution in [0.5, 0.6) is 0 Å². The number of amides is 2. The van der Waals surface area contributed by atoms with Crippen LogP contribution in [-0.4, -0.2) is 86.6 Å². The van der Waals surface area contributed by atoms with Crippen molar-refractivity contribution in [2.24, 2.45) is 0 Å². The number of carbonyl (C=O) groups is 2. The Bertz CT molecular complexity index is 1400. The number of pyridine rings is 2. The number of benzene rings is 1. The summed E-state index contributed by atoms with van der Waals surface area (Å²) in [5, 5.41) is 36.7. The summed E-state index contributed by atoms with van der Waals surface area (Å²) >= 11 is 0. The number of dihydropyridines is 1. The van der Waals surface area contributed by atoms with Crippen molar-refractivity contribution in [1.82, 2.24) is 25.5 Å². The number of allylic oxidation sites excluding steroid dienone is 2. The average Bonchev–Trinajstić information content (AvgIpc) is 3.06. The van der Waals surface area contributed by atoms with Crippen LogP contribution in [0, 0.1) is 0 Å². The van der Waals surface area contributed by atoms with Gasteiger partial charge < -0.3 is 36.0 Å². The first-order chi connectivity index (χ1) is 21.9. The summed E-state index contributed by atoms with van der Waals surface area (Å²) in [6.45, 7) is 0.422. The second-order valence-corrected chi connectivity index (χ2v) is 10.9. The van der Waals surface area contributed by atoms with E-state index >= 15 is 0 Å². The first-order valence-corrected chi connectivity index (χ1v) is 14.7. The molecule has 0 saturated carbocycles. The number of nitrogens with one attached hydrogen (secondary N) is 3. The predicted molar refractivity (Wildman–Crippen MR) is 168 cm³/mol. The third-order valence-corrected chi connectivity index (χ3v) is 7.12. The number of hydrogen-bond donors (Lipinski definition) is 6. The SMILES string of the molecule is O=C(COCc1ccc(CN(Cc2ccccn2)CC2C=CC=CN2)nc1)Nc1ccc(CC(=O)NC(CO)(CO)CO)cc1. The lowest BCUT2D eigenvalue weighted by Crippen LogP contribution is -2.57. The van der Waals surface area contributed by atoms with Crippen molar-refractivity contribution in [1.29, 1.82) is 0 Å². The Morgan fingerprint density at radius 2 is 1.62 bits per heavy atom. The summed E-state index contributed by atoms with van der Waals surface area (Å²) in [6, 6.07) is 16.7. The zero-order valence-electron chi connectivity index (χ0n) is 25.0. The van der Waals surface area contributed by atoms with Crippen LogP contribution in [0.3, 0.4) is 0 Å². The van der Waals surface area contributed by atoms with Gasteiger partial charge in [0.1, 0.15) is 12.1 Å². The van der Waals surface area contributed by atoms with Crippen LogP contribution >= 0.6 is 0 Å². The van der Waals surface area contributed by atoms with Crippen molar-refractivity contribution in [3.63, 3.8) is 0 Å². The van der Waals surface area contributed by atoms with Crippen molar-refractivity contribution in [2.75, 3.05) is 38.3 Å². The molecule has 1 atom stereocenters. The van der Waals surface area contributed by atoms with Crippen LogP contribution in [0.25, 0.3) is 0 Å². The molecule has 0 radical (unpaired) electrons. The average molecular weight is 617 g/mol. The summed E-state index contributed by atoms with van der Waals surface area (Å²) < 4.78 is 5.60. The second-order valence-electron chi connectivity index (χ2n) is 10.9. The Morgan fingerprint density at radius 3 is 2.24 bits per heavy atom. The summed E-state index contributed by atoms with van der Waals surface area (Å²) in [5.74, 6) is -0.789. The maximum atomic E-state index is 12.4. The highest BCUT2D eigenvalue weighted by atomic mass is 16.5. The highest BCUT2D eigenvalue weighted by Crippen LogP contribution is 2.13. The molecule has 6 N–H and O–H groups in total. The number of rotatable bonds is 17. The van der Waals surface area contributed by atoms with Crippen molar-refractivity contribution in [3.05, 3.63) is 114 Å². The number of aliphatic hydroxyl groups is 3. The standard InChI is InChI=1S/C33H40N6O6/c40-22-33(23-41,24-42)38-31(43)15-25-7-10-27(11-8-25)37-32(44)21-45-20-26-9-12-30(36-16-26)19-39(17-28-5-1-3-13-34-28)18-29-6-2-4-14-35-29/h1-14,16,28,34,40-42H,15,17-24H2,(H,37,44)(H,38,43). The predicted octanol–water partition coefficient (Wildman–Crippen LogP) is 1.05. The number of nitrogens with zero attached hydrogens (tertiary/aromatic N) is 3. The van der Waals surface area contributed by atoms with Crippen LogP contribution in [0.2, 0.25) is 0 Å². The van der Waals surface area contributed by atoms with Crippen LogP contribution in [0.1, 0.15) is 22.5 Å². The molecule has 0 saturated heterocycles. The lowest BCUT2D eigenvalue weighted by Gasteiger charge is -2.28. The Balaban J connectivity index is 1.21. The molecule has 1 unspecified atom stereocenters. The molecule has 2 amide bonds. The molecule has 2 aromatic heterocycles. The molecule has 238 valence electrons.